The van der Waals surface area contributed by atoms with Gasteiger partial charge in [-0.15, -0.1) is 0 Å². The zero-order valence-electron chi connectivity index (χ0n) is 15.7. The van der Waals surface area contributed by atoms with E-state index < -0.39 is 11.9 Å². The highest BCUT2D eigenvalue weighted by Crippen LogP contribution is 2.14. The van der Waals surface area contributed by atoms with E-state index >= 15 is 0 Å². The van der Waals surface area contributed by atoms with Crippen LogP contribution < -0.4 is 5.32 Å². The van der Waals surface area contributed by atoms with E-state index in [1.807, 2.05) is 36.4 Å². The van der Waals surface area contributed by atoms with Gasteiger partial charge in [0.2, 0.25) is 0 Å². The lowest BCUT2D eigenvalue weighted by atomic mass is 10.1. The van der Waals surface area contributed by atoms with Crippen molar-refractivity contribution >= 4 is 23.6 Å². The van der Waals surface area contributed by atoms with E-state index in [-0.39, 0.29) is 12.2 Å². The lowest BCUT2D eigenvalue weighted by Gasteiger charge is -2.06. The van der Waals surface area contributed by atoms with Crippen LogP contribution in [0.15, 0.2) is 72.6 Å². The number of hydrogen-bond acceptors (Lipinski definition) is 5. The molecule has 1 heterocycles. The minimum Gasteiger partial charge on any atom is -0.462 e. The molecule has 0 aliphatic rings. The first-order valence-electron chi connectivity index (χ1n) is 8.91. The van der Waals surface area contributed by atoms with Crippen LogP contribution in [0.4, 0.5) is 5.69 Å². The third kappa shape index (κ3) is 4.96. The van der Waals surface area contributed by atoms with Crippen LogP contribution in [0, 0.1) is 11.3 Å². The summed E-state index contributed by atoms with van der Waals surface area (Å²) in [6, 6.07) is 17.7. The van der Waals surface area contributed by atoms with Gasteiger partial charge in [0, 0.05) is 17.4 Å². The van der Waals surface area contributed by atoms with Gasteiger partial charge in [-0.05, 0) is 49.4 Å². The van der Waals surface area contributed by atoms with Crippen molar-refractivity contribution in [3.63, 3.8) is 0 Å². The second-order valence-electron chi connectivity index (χ2n) is 5.98. The van der Waals surface area contributed by atoms with Crippen LogP contribution in [0.5, 0.6) is 0 Å². The van der Waals surface area contributed by atoms with Crippen molar-refractivity contribution in [2.24, 2.45) is 0 Å². The molecule has 0 radical (unpaired) electrons. The number of carbonyl (C=O) groups excluding carboxylic acids is 2. The van der Waals surface area contributed by atoms with Crippen molar-refractivity contribution in [1.82, 2.24) is 9.78 Å². The van der Waals surface area contributed by atoms with Gasteiger partial charge in [0.25, 0.3) is 5.91 Å². The fourth-order valence-corrected chi connectivity index (χ4v) is 2.55. The van der Waals surface area contributed by atoms with Crippen molar-refractivity contribution in [3.8, 4) is 11.8 Å². The molecule has 1 amide bonds. The average molecular weight is 386 g/mol. The van der Waals surface area contributed by atoms with Crippen molar-refractivity contribution in [1.29, 1.82) is 5.26 Å². The molecule has 3 aromatic rings. The maximum Gasteiger partial charge on any atom is 0.338 e. The van der Waals surface area contributed by atoms with Crippen LogP contribution in [0.3, 0.4) is 0 Å². The first-order chi connectivity index (χ1) is 14.1. The summed E-state index contributed by atoms with van der Waals surface area (Å²) >= 11 is 0. The zero-order valence-corrected chi connectivity index (χ0v) is 15.7. The fourth-order valence-electron chi connectivity index (χ4n) is 2.55. The summed E-state index contributed by atoms with van der Waals surface area (Å²) in [4.78, 5) is 24.1. The van der Waals surface area contributed by atoms with Gasteiger partial charge in [-0.3, -0.25) is 4.79 Å². The van der Waals surface area contributed by atoms with Gasteiger partial charge in [0.05, 0.1) is 24.1 Å². The van der Waals surface area contributed by atoms with Gasteiger partial charge in [0.15, 0.2) is 0 Å². The molecule has 0 bridgehead atoms. The Morgan fingerprint density at radius 1 is 1.17 bits per heavy atom. The summed E-state index contributed by atoms with van der Waals surface area (Å²) in [7, 11) is 0. The fraction of sp³-hybridized carbons (Fsp3) is 0.0909. The molecular weight excluding hydrogens is 368 g/mol. The summed E-state index contributed by atoms with van der Waals surface area (Å²) in [5, 5.41) is 16.3. The highest BCUT2D eigenvalue weighted by atomic mass is 16.5. The molecule has 0 aliphatic heterocycles. The van der Waals surface area contributed by atoms with Crippen LogP contribution in [0.25, 0.3) is 11.8 Å². The highest BCUT2D eigenvalue weighted by molar-refractivity contribution is 6.09. The number of nitrogens with one attached hydrogen (secondary N) is 1. The van der Waals surface area contributed by atoms with Crippen LogP contribution in [-0.4, -0.2) is 28.3 Å². The molecular formula is C22H18N4O3. The predicted octanol–water partition coefficient (Wildman–Crippen LogP) is 3.59. The van der Waals surface area contributed by atoms with E-state index in [0.29, 0.717) is 16.8 Å². The number of hydrogen-bond donors (Lipinski definition) is 1. The molecule has 0 aliphatic carbocycles. The molecule has 0 unspecified atom stereocenters. The van der Waals surface area contributed by atoms with Gasteiger partial charge in [-0.2, -0.15) is 10.4 Å². The van der Waals surface area contributed by atoms with Crippen molar-refractivity contribution < 1.29 is 14.3 Å². The second kappa shape index (κ2) is 9.15. The largest absolute Gasteiger partial charge is 0.462 e. The molecule has 0 atom stereocenters. The second-order valence-corrected chi connectivity index (χ2v) is 5.98. The Hall–Kier alpha value is -4.18. The minimum atomic E-state index is -0.552. The number of para-hydroxylation sites is 1. The number of rotatable bonds is 6. The van der Waals surface area contributed by atoms with Crippen LogP contribution in [0.1, 0.15) is 22.8 Å². The average Bonchev–Trinajstić information content (AvgIpc) is 3.22. The van der Waals surface area contributed by atoms with E-state index in [1.54, 1.807) is 48.3 Å². The Bertz CT molecular complexity index is 1080. The number of anilines is 1. The highest BCUT2D eigenvalue weighted by Gasteiger charge is 2.12. The first kappa shape index (κ1) is 19.6. The van der Waals surface area contributed by atoms with E-state index in [4.69, 9.17) is 4.74 Å². The van der Waals surface area contributed by atoms with Gasteiger partial charge in [-0.1, -0.05) is 18.2 Å². The lowest BCUT2D eigenvalue weighted by Crippen LogP contribution is -2.13. The smallest absolute Gasteiger partial charge is 0.338 e. The van der Waals surface area contributed by atoms with Crippen molar-refractivity contribution in [2.75, 3.05) is 11.9 Å². The topological polar surface area (TPSA) is 97.0 Å². The monoisotopic (exact) mass is 386 g/mol. The number of nitrogens with zero attached hydrogens (tertiary/aromatic N) is 3. The summed E-state index contributed by atoms with van der Waals surface area (Å²) in [5.74, 6) is -0.984. The Balaban J connectivity index is 1.72. The summed E-state index contributed by atoms with van der Waals surface area (Å²) < 4.78 is 6.58. The third-order valence-electron chi connectivity index (χ3n) is 3.95. The number of carbonyl (C=O) groups is 2. The quantitative estimate of drug-likeness (QED) is 0.397. The molecule has 1 N–H and O–H groups in total. The predicted molar refractivity (Wildman–Crippen MR) is 108 cm³/mol. The van der Waals surface area contributed by atoms with Gasteiger partial charge in [0.1, 0.15) is 11.6 Å². The number of amides is 1. The third-order valence-corrected chi connectivity index (χ3v) is 3.95. The van der Waals surface area contributed by atoms with Crippen molar-refractivity contribution in [2.45, 2.75) is 6.92 Å². The van der Waals surface area contributed by atoms with Gasteiger partial charge in [-0.25, -0.2) is 9.48 Å². The number of esters is 1. The normalized spacial score (nSPS) is 10.8. The lowest BCUT2D eigenvalue weighted by molar-refractivity contribution is -0.112. The standard InChI is InChI=1S/C22H18N4O3/c1-2-29-22(28)17-8-10-19(11-9-17)25-21(27)18(13-23)12-16-14-24-26(15-16)20-6-4-3-5-7-20/h3-12,14-15H,2H2,1H3,(H,25,27)/b18-12+. The zero-order chi connectivity index (χ0) is 20.6. The van der Waals surface area contributed by atoms with E-state index in [1.165, 1.54) is 6.08 Å². The van der Waals surface area contributed by atoms with Gasteiger partial charge < -0.3 is 10.1 Å². The molecule has 7 heteroatoms. The minimum absolute atomic E-state index is 0.0629. The Labute approximate surface area is 167 Å². The maximum absolute atomic E-state index is 12.4. The molecule has 2 aromatic carbocycles. The molecule has 7 nitrogen and oxygen atoms in total. The van der Waals surface area contributed by atoms with Crippen molar-refractivity contribution in [3.05, 3.63) is 83.7 Å². The molecule has 0 saturated heterocycles. The first-order valence-corrected chi connectivity index (χ1v) is 8.91. The number of aromatic nitrogens is 2. The van der Waals surface area contributed by atoms with E-state index in [2.05, 4.69) is 10.4 Å². The number of ether oxygens (including phenoxy) is 1. The molecule has 0 fully saturated rings. The summed E-state index contributed by atoms with van der Waals surface area (Å²) in [5.41, 5.74) is 2.28. The molecule has 144 valence electrons. The van der Waals surface area contributed by atoms with Crippen LogP contribution in [-0.2, 0) is 9.53 Å². The van der Waals surface area contributed by atoms with Gasteiger partial charge >= 0.3 is 5.97 Å². The molecule has 0 saturated carbocycles. The Morgan fingerprint density at radius 3 is 2.55 bits per heavy atom. The SMILES string of the molecule is CCOC(=O)c1ccc(NC(=O)/C(C#N)=C/c2cnn(-c3ccccc3)c2)cc1. The number of nitriles is 1. The Morgan fingerprint density at radius 2 is 1.90 bits per heavy atom. The maximum atomic E-state index is 12.4. The Kier molecular flexibility index (Phi) is 6.18. The summed E-state index contributed by atoms with van der Waals surface area (Å²) in [6.45, 7) is 2.01. The van der Waals surface area contributed by atoms with E-state index in [9.17, 15) is 14.9 Å². The molecule has 29 heavy (non-hydrogen) atoms. The summed E-state index contributed by atoms with van der Waals surface area (Å²) in [6.07, 6.45) is 4.77. The van der Waals surface area contributed by atoms with Crippen LogP contribution >= 0.6 is 0 Å². The van der Waals surface area contributed by atoms with Crippen LogP contribution in [0.2, 0.25) is 0 Å². The molecule has 3 rings (SSSR count). The molecule has 1 aromatic heterocycles. The number of benzene rings is 2. The molecule has 0 spiro atoms. The van der Waals surface area contributed by atoms with E-state index in [0.717, 1.165) is 5.69 Å².